The number of methoxy groups -OCH3 is 1. The Kier molecular flexibility index (Phi) is 4.10. The normalized spacial score (nSPS) is 10.3. The molecule has 0 aliphatic carbocycles. The van der Waals surface area contributed by atoms with Gasteiger partial charge >= 0.3 is 0 Å². The minimum atomic E-state index is 0.0229. The second-order valence-corrected chi connectivity index (χ2v) is 5.00. The lowest BCUT2D eigenvalue weighted by Crippen LogP contribution is -2.13. The fourth-order valence-corrected chi connectivity index (χ4v) is 2.38. The first kappa shape index (κ1) is 12.8. The van der Waals surface area contributed by atoms with Gasteiger partial charge in [-0.05, 0) is 23.8 Å². The summed E-state index contributed by atoms with van der Waals surface area (Å²) in [6.07, 6.45) is 1.79. The predicted octanol–water partition coefficient (Wildman–Crippen LogP) is 2.69. The van der Waals surface area contributed by atoms with Crippen LogP contribution in [0.15, 0.2) is 52.3 Å². The number of aryl methyl sites for hydroxylation is 1. The smallest absolute Gasteiger partial charge is 0.251 e. The topological polar surface area (TPSA) is 31.2 Å². The molecule has 18 heavy (non-hydrogen) atoms. The third-order valence-corrected chi connectivity index (χ3v) is 3.71. The highest BCUT2D eigenvalue weighted by Crippen LogP contribution is 2.22. The van der Waals surface area contributed by atoms with Gasteiger partial charge < -0.3 is 9.30 Å². The van der Waals surface area contributed by atoms with Crippen LogP contribution in [0.2, 0.25) is 0 Å². The summed E-state index contributed by atoms with van der Waals surface area (Å²) in [6, 6.07) is 11.6. The first-order valence-electron chi connectivity index (χ1n) is 5.61. The molecular weight excluding hydrogens is 246 g/mol. The zero-order chi connectivity index (χ0) is 13.0. The average molecular weight is 261 g/mol. The van der Waals surface area contributed by atoms with Gasteiger partial charge in [0.1, 0.15) is 5.75 Å². The van der Waals surface area contributed by atoms with Crippen molar-refractivity contribution < 1.29 is 4.74 Å². The Morgan fingerprint density at radius 1 is 1.22 bits per heavy atom. The molecule has 0 spiro atoms. The highest BCUT2D eigenvalue weighted by Gasteiger charge is 1.99. The Morgan fingerprint density at radius 2 is 1.94 bits per heavy atom. The molecule has 0 saturated carbocycles. The predicted molar refractivity (Wildman–Crippen MR) is 74.2 cm³/mol. The molecule has 1 aromatic carbocycles. The van der Waals surface area contributed by atoms with Crippen LogP contribution in [0.1, 0.15) is 5.56 Å². The second kappa shape index (κ2) is 5.78. The van der Waals surface area contributed by atoms with Crippen LogP contribution < -0.4 is 10.3 Å². The van der Waals surface area contributed by atoms with Gasteiger partial charge in [0, 0.05) is 30.0 Å². The minimum Gasteiger partial charge on any atom is -0.497 e. The molecule has 0 bridgehead atoms. The van der Waals surface area contributed by atoms with Crippen molar-refractivity contribution in [2.75, 3.05) is 7.11 Å². The zero-order valence-corrected chi connectivity index (χ0v) is 11.2. The molecule has 0 unspecified atom stereocenters. The van der Waals surface area contributed by atoms with Crippen LogP contribution in [0.4, 0.5) is 0 Å². The molecule has 0 fully saturated rings. The average Bonchev–Trinajstić information content (AvgIpc) is 2.41. The van der Waals surface area contributed by atoms with Crippen molar-refractivity contribution in [2.24, 2.45) is 7.05 Å². The number of nitrogens with zero attached hydrogens (tertiary/aromatic N) is 1. The maximum Gasteiger partial charge on any atom is 0.251 e. The van der Waals surface area contributed by atoms with Gasteiger partial charge in [0.2, 0.25) is 0 Å². The summed E-state index contributed by atoms with van der Waals surface area (Å²) < 4.78 is 6.68. The van der Waals surface area contributed by atoms with Crippen molar-refractivity contribution in [1.29, 1.82) is 0 Å². The Morgan fingerprint density at radius 3 is 2.56 bits per heavy atom. The van der Waals surface area contributed by atoms with Crippen LogP contribution in [0, 0.1) is 0 Å². The number of rotatable bonds is 4. The Hall–Kier alpha value is -1.68. The summed E-state index contributed by atoms with van der Waals surface area (Å²) >= 11 is 1.66. The lowest BCUT2D eigenvalue weighted by atomic mass is 10.2. The highest BCUT2D eigenvalue weighted by atomic mass is 32.2. The molecular formula is C14H15NO2S. The van der Waals surface area contributed by atoms with E-state index in [1.165, 1.54) is 5.56 Å². The molecule has 4 heteroatoms. The number of benzene rings is 1. The largest absolute Gasteiger partial charge is 0.497 e. The first-order chi connectivity index (χ1) is 8.69. The number of thioether (sulfide) groups is 1. The SMILES string of the molecule is COc1ccc(CSc2ccn(C)c(=O)c2)cc1. The summed E-state index contributed by atoms with van der Waals surface area (Å²) in [5.74, 6) is 1.70. The molecule has 94 valence electrons. The molecule has 2 rings (SSSR count). The van der Waals surface area contributed by atoms with Crippen molar-refractivity contribution in [1.82, 2.24) is 4.57 Å². The van der Waals surface area contributed by atoms with Gasteiger partial charge in [-0.2, -0.15) is 0 Å². The quantitative estimate of drug-likeness (QED) is 0.793. The Labute approximate surface area is 110 Å². The van der Waals surface area contributed by atoms with E-state index >= 15 is 0 Å². The molecule has 0 atom stereocenters. The lowest BCUT2D eigenvalue weighted by Gasteiger charge is -2.04. The van der Waals surface area contributed by atoms with Gasteiger partial charge in [0.05, 0.1) is 7.11 Å². The number of hydrogen-bond acceptors (Lipinski definition) is 3. The Balaban J connectivity index is 2.02. The van der Waals surface area contributed by atoms with Crippen LogP contribution in [0.5, 0.6) is 5.75 Å². The van der Waals surface area contributed by atoms with E-state index in [0.717, 1.165) is 16.4 Å². The van der Waals surface area contributed by atoms with E-state index in [0.29, 0.717) is 0 Å². The summed E-state index contributed by atoms with van der Waals surface area (Å²) in [5.41, 5.74) is 1.23. The molecule has 0 amide bonds. The van der Waals surface area contributed by atoms with Gasteiger partial charge in [-0.15, -0.1) is 11.8 Å². The number of pyridine rings is 1. The lowest BCUT2D eigenvalue weighted by molar-refractivity contribution is 0.414. The monoisotopic (exact) mass is 261 g/mol. The van der Waals surface area contributed by atoms with Crippen LogP contribution in [0.25, 0.3) is 0 Å². The fraction of sp³-hybridized carbons (Fsp3) is 0.214. The zero-order valence-electron chi connectivity index (χ0n) is 10.4. The third kappa shape index (κ3) is 3.17. The maximum absolute atomic E-state index is 11.5. The number of hydrogen-bond donors (Lipinski definition) is 0. The van der Waals surface area contributed by atoms with E-state index in [-0.39, 0.29) is 5.56 Å². The summed E-state index contributed by atoms with van der Waals surface area (Å²) in [6.45, 7) is 0. The van der Waals surface area contributed by atoms with E-state index in [4.69, 9.17) is 4.74 Å². The highest BCUT2D eigenvalue weighted by molar-refractivity contribution is 7.98. The molecule has 0 aliphatic rings. The molecule has 0 saturated heterocycles. The third-order valence-electron chi connectivity index (χ3n) is 2.64. The summed E-state index contributed by atoms with van der Waals surface area (Å²) in [4.78, 5) is 12.5. The molecule has 2 aromatic rings. The molecule has 0 radical (unpaired) electrons. The van der Waals surface area contributed by atoms with Gasteiger partial charge in [-0.25, -0.2) is 0 Å². The van der Waals surface area contributed by atoms with Crippen LogP contribution in [0.3, 0.4) is 0 Å². The van der Waals surface area contributed by atoms with E-state index in [2.05, 4.69) is 0 Å². The van der Waals surface area contributed by atoms with Crippen LogP contribution >= 0.6 is 11.8 Å². The van der Waals surface area contributed by atoms with Gasteiger partial charge in [0.25, 0.3) is 5.56 Å². The molecule has 0 aliphatic heterocycles. The summed E-state index contributed by atoms with van der Waals surface area (Å²) in [5, 5.41) is 0. The molecule has 1 aromatic heterocycles. The summed E-state index contributed by atoms with van der Waals surface area (Å²) in [7, 11) is 3.41. The number of aromatic nitrogens is 1. The minimum absolute atomic E-state index is 0.0229. The Bertz CT molecular complexity index is 575. The van der Waals surface area contributed by atoms with Crippen molar-refractivity contribution in [3.05, 3.63) is 58.5 Å². The van der Waals surface area contributed by atoms with E-state index in [1.807, 2.05) is 30.3 Å². The van der Waals surface area contributed by atoms with E-state index in [1.54, 1.807) is 42.7 Å². The van der Waals surface area contributed by atoms with Crippen LogP contribution in [-0.4, -0.2) is 11.7 Å². The van der Waals surface area contributed by atoms with Gasteiger partial charge in [-0.3, -0.25) is 4.79 Å². The van der Waals surface area contributed by atoms with Crippen molar-refractivity contribution in [3.8, 4) is 5.75 Å². The standard InChI is InChI=1S/C14H15NO2S/c1-15-8-7-13(9-14(15)16)18-10-11-3-5-12(17-2)6-4-11/h3-9H,10H2,1-2H3. The maximum atomic E-state index is 11.5. The van der Waals surface area contributed by atoms with Crippen molar-refractivity contribution in [2.45, 2.75) is 10.6 Å². The molecule has 0 N–H and O–H groups in total. The fourth-order valence-electron chi connectivity index (χ4n) is 1.51. The van der Waals surface area contributed by atoms with Crippen molar-refractivity contribution in [3.63, 3.8) is 0 Å². The van der Waals surface area contributed by atoms with Gasteiger partial charge in [-0.1, -0.05) is 12.1 Å². The van der Waals surface area contributed by atoms with Gasteiger partial charge in [0.15, 0.2) is 0 Å². The number of ether oxygens (including phenoxy) is 1. The van der Waals surface area contributed by atoms with Crippen LogP contribution in [-0.2, 0) is 12.8 Å². The molecule has 3 nitrogen and oxygen atoms in total. The second-order valence-electron chi connectivity index (χ2n) is 3.95. The molecule has 1 heterocycles. The van der Waals surface area contributed by atoms with E-state index in [9.17, 15) is 4.79 Å². The first-order valence-corrected chi connectivity index (χ1v) is 6.60. The van der Waals surface area contributed by atoms with E-state index < -0.39 is 0 Å². The van der Waals surface area contributed by atoms with Crippen molar-refractivity contribution >= 4 is 11.8 Å².